The Morgan fingerprint density at radius 3 is 2.65 bits per heavy atom. The molecule has 7 nitrogen and oxygen atoms in total. The molecule has 0 bridgehead atoms. The van der Waals surface area contributed by atoms with Gasteiger partial charge < -0.3 is 24.5 Å². The zero-order chi connectivity index (χ0) is 17.9. The fourth-order valence-corrected chi connectivity index (χ4v) is 2.79. The normalized spacial score (nSPS) is 12.8. The molecule has 2 heterocycles. The number of benzene rings is 2. The van der Waals surface area contributed by atoms with Crippen LogP contribution in [0.15, 0.2) is 36.4 Å². The highest BCUT2D eigenvalue weighted by Gasteiger charge is 2.14. The Labute approximate surface area is 150 Å². The first-order chi connectivity index (χ1) is 12.7. The lowest BCUT2D eigenvalue weighted by Crippen LogP contribution is -2.15. The van der Waals surface area contributed by atoms with Gasteiger partial charge in [0.2, 0.25) is 5.95 Å². The second kappa shape index (κ2) is 6.95. The number of carbonyl (C=O) groups is 1. The zero-order valence-corrected chi connectivity index (χ0v) is 14.4. The topological polar surface area (TPSA) is 85.5 Å². The number of ether oxygens (including phenoxy) is 3. The third-order valence-corrected chi connectivity index (χ3v) is 4.07. The molecule has 2 N–H and O–H groups in total. The summed E-state index contributed by atoms with van der Waals surface area (Å²) >= 11 is 0. The second-order valence-corrected chi connectivity index (χ2v) is 5.87. The maximum Gasteiger partial charge on any atom is 0.338 e. The smallest absolute Gasteiger partial charge is 0.338 e. The van der Waals surface area contributed by atoms with E-state index < -0.39 is 0 Å². The number of aromatic amines is 1. The summed E-state index contributed by atoms with van der Waals surface area (Å²) in [4.78, 5) is 19.4. The van der Waals surface area contributed by atoms with Gasteiger partial charge in [-0.3, -0.25) is 0 Å². The van der Waals surface area contributed by atoms with E-state index in [1.165, 1.54) is 0 Å². The fourth-order valence-electron chi connectivity index (χ4n) is 2.79. The number of nitrogens with zero attached hydrogens (tertiary/aromatic N) is 1. The summed E-state index contributed by atoms with van der Waals surface area (Å²) in [5, 5.41) is 3.25. The van der Waals surface area contributed by atoms with E-state index in [-0.39, 0.29) is 5.97 Å². The summed E-state index contributed by atoms with van der Waals surface area (Å²) in [6.07, 6.45) is 0. The van der Waals surface area contributed by atoms with E-state index in [0.29, 0.717) is 37.9 Å². The Hall–Kier alpha value is -3.22. The third kappa shape index (κ3) is 3.28. The van der Waals surface area contributed by atoms with E-state index in [2.05, 4.69) is 15.3 Å². The molecule has 0 saturated carbocycles. The van der Waals surface area contributed by atoms with Gasteiger partial charge in [0, 0.05) is 18.7 Å². The van der Waals surface area contributed by atoms with Crippen molar-refractivity contribution in [2.75, 3.05) is 25.1 Å². The molecular weight excluding hydrogens is 334 g/mol. The van der Waals surface area contributed by atoms with Crippen molar-refractivity contribution in [2.45, 2.75) is 13.5 Å². The number of H-pyrrole nitrogens is 1. The van der Waals surface area contributed by atoms with E-state index in [1.807, 2.05) is 24.3 Å². The Balaban J connectivity index is 1.45. The van der Waals surface area contributed by atoms with Gasteiger partial charge in [-0.1, -0.05) is 12.1 Å². The highest BCUT2D eigenvalue weighted by molar-refractivity contribution is 5.89. The van der Waals surface area contributed by atoms with E-state index in [1.54, 1.807) is 19.1 Å². The second-order valence-electron chi connectivity index (χ2n) is 5.87. The number of aromatic nitrogens is 2. The van der Waals surface area contributed by atoms with Crippen molar-refractivity contribution in [3.63, 3.8) is 0 Å². The highest BCUT2D eigenvalue weighted by Crippen LogP contribution is 2.34. The largest absolute Gasteiger partial charge is 0.486 e. The molecule has 0 radical (unpaired) electrons. The van der Waals surface area contributed by atoms with Crippen molar-refractivity contribution in [2.24, 2.45) is 0 Å². The van der Waals surface area contributed by atoms with E-state index in [4.69, 9.17) is 14.2 Å². The zero-order valence-electron chi connectivity index (χ0n) is 14.4. The van der Waals surface area contributed by atoms with Gasteiger partial charge in [-0.25, -0.2) is 9.78 Å². The molecule has 0 fully saturated rings. The van der Waals surface area contributed by atoms with Crippen LogP contribution in [0.2, 0.25) is 0 Å². The lowest BCUT2D eigenvalue weighted by Gasteiger charge is -2.17. The summed E-state index contributed by atoms with van der Waals surface area (Å²) in [7, 11) is 0. The lowest BCUT2D eigenvalue weighted by molar-refractivity contribution is 0.0526. The lowest BCUT2D eigenvalue weighted by atomic mass is 10.1. The predicted octanol–water partition coefficient (Wildman–Crippen LogP) is 3.12. The van der Waals surface area contributed by atoms with Gasteiger partial charge in [-0.2, -0.15) is 0 Å². The number of hydrogen-bond donors (Lipinski definition) is 2. The molecule has 1 aliphatic heterocycles. The van der Waals surface area contributed by atoms with Gasteiger partial charge in [0.15, 0.2) is 11.5 Å². The third-order valence-electron chi connectivity index (χ3n) is 4.07. The summed E-state index contributed by atoms with van der Waals surface area (Å²) in [6.45, 7) is 3.84. The van der Waals surface area contributed by atoms with Crippen molar-refractivity contribution in [1.82, 2.24) is 9.97 Å². The van der Waals surface area contributed by atoms with E-state index in [9.17, 15) is 4.79 Å². The van der Waals surface area contributed by atoms with Crippen LogP contribution in [0.5, 0.6) is 11.5 Å². The molecule has 4 rings (SSSR count). The Morgan fingerprint density at radius 2 is 1.92 bits per heavy atom. The van der Waals surface area contributed by atoms with Crippen LogP contribution in [0.25, 0.3) is 11.0 Å². The van der Waals surface area contributed by atoms with Gasteiger partial charge in [-0.15, -0.1) is 0 Å². The maximum atomic E-state index is 11.7. The van der Waals surface area contributed by atoms with Crippen LogP contribution in [0.4, 0.5) is 5.95 Å². The Bertz CT molecular complexity index is 891. The minimum atomic E-state index is -0.308. The Kier molecular flexibility index (Phi) is 4.35. The number of esters is 1. The van der Waals surface area contributed by atoms with Crippen LogP contribution in [-0.2, 0) is 11.3 Å². The summed E-state index contributed by atoms with van der Waals surface area (Å²) in [6, 6.07) is 11.1. The monoisotopic (exact) mass is 353 g/mol. The van der Waals surface area contributed by atoms with Crippen molar-refractivity contribution >= 4 is 23.0 Å². The van der Waals surface area contributed by atoms with Crippen LogP contribution in [0, 0.1) is 0 Å². The van der Waals surface area contributed by atoms with Gasteiger partial charge in [0.25, 0.3) is 0 Å². The molecule has 0 amide bonds. The summed E-state index contributed by atoms with van der Waals surface area (Å²) in [5.74, 6) is 1.80. The number of carbonyl (C=O) groups excluding carboxylic acids is 1. The summed E-state index contributed by atoms with van der Waals surface area (Å²) in [5.41, 5.74) is 3.28. The van der Waals surface area contributed by atoms with Gasteiger partial charge in [0.1, 0.15) is 13.2 Å². The van der Waals surface area contributed by atoms with Crippen LogP contribution >= 0.6 is 0 Å². The molecule has 0 atom stereocenters. The molecule has 1 aromatic heterocycles. The van der Waals surface area contributed by atoms with E-state index in [0.717, 1.165) is 28.1 Å². The maximum absolute atomic E-state index is 11.7. The van der Waals surface area contributed by atoms with Crippen LogP contribution in [0.1, 0.15) is 22.8 Å². The van der Waals surface area contributed by atoms with Gasteiger partial charge >= 0.3 is 5.97 Å². The first-order valence-corrected chi connectivity index (χ1v) is 8.52. The molecule has 0 unspecified atom stereocenters. The minimum Gasteiger partial charge on any atom is -0.486 e. The van der Waals surface area contributed by atoms with Gasteiger partial charge in [0.05, 0.1) is 23.2 Å². The predicted molar refractivity (Wildman–Crippen MR) is 96.8 cm³/mol. The van der Waals surface area contributed by atoms with Crippen molar-refractivity contribution in [3.05, 3.63) is 47.5 Å². The quantitative estimate of drug-likeness (QED) is 0.686. The fraction of sp³-hybridized carbons (Fsp3) is 0.263. The number of fused-ring (bicyclic) bond motifs is 2. The molecule has 134 valence electrons. The molecule has 0 aliphatic carbocycles. The molecule has 3 aromatic rings. The molecule has 7 heteroatoms. The molecule has 0 spiro atoms. The van der Waals surface area contributed by atoms with E-state index >= 15 is 0 Å². The molecular formula is C19H19N3O4. The number of rotatable bonds is 5. The molecule has 26 heavy (non-hydrogen) atoms. The van der Waals surface area contributed by atoms with Crippen molar-refractivity contribution < 1.29 is 19.0 Å². The average molecular weight is 353 g/mol. The first kappa shape index (κ1) is 16.3. The van der Waals surface area contributed by atoms with Gasteiger partial charge in [-0.05, 0) is 24.6 Å². The first-order valence-electron chi connectivity index (χ1n) is 8.52. The summed E-state index contributed by atoms with van der Waals surface area (Å²) < 4.78 is 16.2. The van der Waals surface area contributed by atoms with Crippen molar-refractivity contribution in [1.29, 1.82) is 0 Å². The standard InChI is InChI=1S/C19H19N3O4/c1-2-24-18(23)13-5-3-12(4-6-13)11-20-19-21-14-9-16-17(10-15(14)22-19)26-8-7-25-16/h3-6,9-10H,2,7-8,11H2,1H3,(H2,20,21,22). The molecule has 1 aliphatic rings. The van der Waals surface area contributed by atoms with Crippen molar-refractivity contribution in [3.8, 4) is 11.5 Å². The number of anilines is 1. The Morgan fingerprint density at radius 1 is 1.19 bits per heavy atom. The highest BCUT2D eigenvalue weighted by atomic mass is 16.6. The average Bonchev–Trinajstić information content (AvgIpc) is 3.06. The SMILES string of the molecule is CCOC(=O)c1ccc(CNc2nc3cc4c(cc3[nH]2)OCCO4)cc1. The van der Waals surface area contributed by atoms with Crippen LogP contribution in [-0.4, -0.2) is 35.8 Å². The number of nitrogens with one attached hydrogen (secondary N) is 2. The van der Waals surface area contributed by atoms with Crippen LogP contribution in [0.3, 0.4) is 0 Å². The van der Waals surface area contributed by atoms with Crippen LogP contribution < -0.4 is 14.8 Å². The minimum absolute atomic E-state index is 0.308. The number of hydrogen-bond acceptors (Lipinski definition) is 6. The number of imidazole rings is 1. The molecule has 0 saturated heterocycles. The molecule has 2 aromatic carbocycles.